The van der Waals surface area contributed by atoms with Crippen molar-refractivity contribution in [2.45, 2.75) is 13.8 Å². The van der Waals surface area contributed by atoms with E-state index in [2.05, 4.69) is 10.3 Å². The Morgan fingerprint density at radius 1 is 0.893 bits per heavy atom. The van der Waals surface area contributed by atoms with Crippen LogP contribution in [0.4, 0.5) is 5.82 Å². The number of nitrogens with zero attached hydrogens (tertiary/aromatic N) is 3. The highest BCUT2D eigenvalue weighted by Gasteiger charge is 2.19. The predicted molar refractivity (Wildman–Crippen MR) is 111 cm³/mol. The first-order chi connectivity index (χ1) is 13.6. The van der Waals surface area contributed by atoms with E-state index in [1.54, 1.807) is 16.9 Å². The smallest absolute Gasteiger partial charge is 0.260 e. The minimum absolute atomic E-state index is 0.240. The lowest BCUT2D eigenvalue weighted by molar-refractivity contribution is 0.102. The number of aromatic nitrogens is 3. The second kappa shape index (κ2) is 7.48. The standard InChI is InChI=1S/C23H20N4O/c1-16-11-13-18(14-12-16)22-20(15-27(26-22)19-8-4-3-5-9-19)23(28)25-21-10-6-7-17(2)24-21/h3-15H,1-2H3,(H,24,25,28). The predicted octanol–water partition coefficient (Wildman–Crippen LogP) is 4.80. The average molecular weight is 368 g/mol. The van der Waals surface area contributed by atoms with E-state index in [1.165, 1.54) is 0 Å². The summed E-state index contributed by atoms with van der Waals surface area (Å²) in [5.74, 6) is 0.281. The number of benzene rings is 2. The molecule has 5 nitrogen and oxygen atoms in total. The van der Waals surface area contributed by atoms with E-state index in [0.717, 1.165) is 22.5 Å². The minimum Gasteiger partial charge on any atom is -0.306 e. The molecule has 0 spiro atoms. The number of carbonyl (C=O) groups is 1. The Kier molecular flexibility index (Phi) is 4.72. The highest BCUT2D eigenvalue weighted by atomic mass is 16.1. The summed E-state index contributed by atoms with van der Waals surface area (Å²) in [5, 5.41) is 7.58. The summed E-state index contributed by atoms with van der Waals surface area (Å²) in [6.45, 7) is 3.92. The lowest BCUT2D eigenvalue weighted by Gasteiger charge is -2.05. The molecule has 0 atom stereocenters. The van der Waals surface area contributed by atoms with Crippen molar-refractivity contribution in [1.82, 2.24) is 14.8 Å². The number of nitrogens with one attached hydrogen (secondary N) is 1. The van der Waals surface area contributed by atoms with E-state index >= 15 is 0 Å². The Bertz CT molecular complexity index is 1120. The zero-order valence-electron chi connectivity index (χ0n) is 15.8. The van der Waals surface area contributed by atoms with Gasteiger partial charge in [-0.05, 0) is 38.1 Å². The molecular formula is C23H20N4O. The molecule has 0 fully saturated rings. The molecule has 0 aliphatic heterocycles. The maximum atomic E-state index is 13.0. The molecule has 0 saturated heterocycles. The first-order valence-electron chi connectivity index (χ1n) is 9.07. The zero-order valence-corrected chi connectivity index (χ0v) is 15.8. The van der Waals surface area contributed by atoms with Crippen LogP contribution in [0.1, 0.15) is 21.6 Å². The van der Waals surface area contributed by atoms with Gasteiger partial charge in [0.1, 0.15) is 11.5 Å². The number of hydrogen-bond acceptors (Lipinski definition) is 3. The van der Waals surface area contributed by atoms with Crippen LogP contribution >= 0.6 is 0 Å². The summed E-state index contributed by atoms with van der Waals surface area (Å²) in [6, 6.07) is 23.3. The minimum atomic E-state index is -0.240. The largest absolute Gasteiger partial charge is 0.306 e. The number of para-hydroxylation sites is 1. The van der Waals surface area contributed by atoms with Crippen LogP contribution in [-0.2, 0) is 0 Å². The van der Waals surface area contributed by atoms with Crippen LogP contribution in [0.25, 0.3) is 16.9 Å². The molecule has 4 rings (SSSR count). The summed E-state index contributed by atoms with van der Waals surface area (Å²) in [7, 11) is 0. The molecule has 0 radical (unpaired) electrons. The molecule has 1 N–H and O–H groups in total. The van der Waals surface area contributed by atoms with Gasteiger partial charge in [0.05, 0.1) is 11.3 Å². The second-order valence-corrected chi connectivity index (χ2v) is 6.66. The van der Waals surface area contributed by atoms with Gasteiger partial charge in [-0.15, -0.1) is 0 Å². The Hall–Kier alpha value is -3.73. The molecule has 28 heavy (non-hydrogen) atoms. The van der Waals surface area contributed by atoms with Gasteiger partial charge >= 0.3 is 0 Å². The fourth-order valence-electron chi connectivity index (χ4n) is 2.97. The van der Waals surface area contributed by atoms with E-state index in [1.807, 2.05) is 80.6 Å². The van der Waals surface area contributed by atoms with Crippen molar-refractivity contribution in [3.05, 3.63) is 95.8 Å². The van der Waals surface area contributed by atoms with Crippen molar-refractivity contribution in [2.75, 3.05) is 5.32 Å². The van der Waals surface area contributed by atoms with Crippen LogP contribution in [0, 0.1) is 13.8 Å². The third kappa shape index (κ3) is 3.69. The number of anilines is 1. The molecule has 138 valence electrons. The summed E-state index contributed by atoms with van der Waals surface area (Å²) in [4.78, 5) is 17.4. The molecule has 1 amide bonds. The van der Waals surface area contributed by atoms with Gasteiger partial charge in [0.25, 0.3) is 5.91 Å². The summed E-state index contributed by atoms with van der Waals surface area (Å²) >= 11 is 0. The van der Waals surface area contributed by atoms with Crippen LogP contribution in [0.5, 0.6) is 0 Å². The van der Waals surface area contributed by atoms with Crippen molar-refractivity contribution in [2.24, 2.45) is 0 Å². The quantitative estimate of drug-likeness (QED) is 0.563. The maximum Gasteiger partial charge on any atom is 0.260 e. The van der Waals surface area contributed by atoms with E-state index in [9.17, 15) is 4.79 Å². The van der Waals surface area contributed by atoms with E-state index < -0.39 is 0 Å². The van der Waals surface area contributed by atoms with Crippen molar-refractivity contribution >= 4 is 11.7 Å². The molecule has 5 heteroatoms. The first-order valence-corrected chi connectivity index (χ1v) is 9.07. The molecule has 0 unspecified atom stereocenters. The molecule has 0 bridgehead atoms. The normalized spacial score (nSPS) is 10.6. The molecule has 0 aliphatic carbocycles. The van der Waals surface area contributed by atoms with Crippen LogP contribution in [-0.4, -0.2) is 20.7 Å². The van der Waals surface area contributed by atoms with Crippen molar-refractivity contribution in [1.29, 1.82) is 0 Å². The van der Waals surface area contributed by atoms with Gasteiger partial charge in [0.2, 0.25) is 0 Å². The molecule has 0 saturated carbocycles. The zero-order chi connectivity index (χ0) is 19.5. The van der Waals surface area contributed by atoms with E-state index in [-0.39, 0.29) is 5.91 Å². The Labute approximate surface area is 163 Å². The topological polar surface area (TPSA) is 59.8 Å². The number of rotatable bonds is 4. The summed E-state index contributed by atoms with van der Waals surface area (Å²) in [6.07, 6.45) is 1.76. The number of carbonyl (C=O) groups excluding carboxylic acids is 1. The van der Waals surface area contributed by atoms with Crippen molar-refractivity contribution in [3.63, 3.8) is 0 Å². The lowest BCUT2D eigenvalue weighted by Crippen LogP contribution is -2.13. The molecule has 2 aromatic carbocycles. The number of hydrogen-bond donors (Lipinski definition) is 1. The van der Waals surface area contributed by atoms with E-state index in [4.69, 9.17) is 5.10 Å². The second-order valence-electron chi connectivity index (χ2n) is 6.66. The van der Waals surface area contributed by atoms with Gasteiger partial charge < -0.3 is 5.32 Å². The van der Waals surface area contributed by atoms with Crippen LogP contribution in [0.3, 0.4) is 0 Å². The highest BCUT2D eigenvalue weighted by Crippen LogP contribution is 2.25. The summed E-state index contributed by atoms with van der Waals surface area (Å²) < 4.78 is 1.73. The third-order valence-electron chi connectivity index (χ3n) is 4.43. The van der Waals surface area contributed by atoms with Crippen molar-refractivity contribution in [3.8, 4) is 16.9 Å². The highest BCUT2D eigenvalue weighted by molar-refractivity contribution is 6.07. The maximum absolute atomic E-state index is 13.0. The average Bonchev–Trinajstić information content (AvgIpc) is 3.15. The summed E-state index contributed by atoms with van der Waals surface area (Å²) in [5.41, 5.74) is 4.91. The SMILES string of the molecule is Cc1ccc(-c2nn(-c3ccccc3)cc2C(=O)Nc2cccc(C)n2)cc1. The number of amides is 1. The van der Waals surface area contributed by atoms with Crippen LogP contribution in [0.2, 0.25) is 0 Å². The molecule has 0 aliphatic rings. The van der Waals surface area contributed by atoms with Gasteiger partial charge in [-0.1, -0.05) is 54.1 Å². The monoisotopic (exact) mass is 368 g/mol. The fraction of sp³-hybridized carbons (Fsp3) is 0.0870. The van der Waals surface area contributed by atoms with Crippen LogP contribution in [0.15, 0.2) is 79.0 Å². The molecule has 2 aromatic heterocycles. The molecular weight excluding hydrogens is 348 g/mol. The molecule has 2 heterocycles. The van der Waals surface area contributed by atoms with Gasteiger partial charge in [0.15, 0.2) is 0 Å². The Balaban J connectivity index is 1.76. The molecule has 4 aromatic rings. The lowest BCUT2D eigenvalue weighted by atomic mass is 10.1. The number of aryl methyl sites for hydroxylation is 2. The van der Waals surface area contributed by atoms with E-state index in [0.29, 0.717) is 17.1 Å². The van der Waals surface area contributed by atoms with Gasteiger partial charge in [-0.3, -0.25) is 4.79 Å². The third-order valence-corrected chi connectivity index (χ3v) is 4.43. The van der Waals surface area contributed by atoms with Crippen molar-refractivity contribution < 1.29 is 4.79 Å². The fourth-order valence-corrected chi connectivity index (χ4v) is 2.97. The van der Waals surface area contributed by atoms with Gasteiger partial charge in [-0.2, -0.15) is 5.10 Å². The van der Waals surface area contributed by atoms with Crippen LogP contribution < -0.4 is 5.32 Å². The number of pyridine rings is 1. The van der Waals surface area contributed by atoms with Gasteiger partial charge in [0, 0.05) is 17.5 Å². The van der Waals surface area contributed by atoms with Gasteiger partial charge in [-0.25, -0.2) is 9.67 Å². The Morgan fingerprint density at radius 3 is 2.36 bits per heavy atom. The first kappa shape index (κ1) is 17.7. The Morgan fingerprint density at radius 2 is 1.64 bits per heavy atom.